The average molecular weight is 555 g/mol. The number of aryl methyl sites for hydroxylation is 1. The molecule has 0 amide bonds. The van der Waals surface area contributed by atoms with Crippen LogP contribution in [0.5, 0.6) is 11.5 Å². The lowest BCUT2D eigenvalue weighted by molar-refractivity contribution is 0.352. The smallest absolute Gasteiger partial charge is 0.191 e. The van der Waals surface area contributed by atoms with Crippen LogP contribution in [0.15, 0.2) is 27.8 Å². The highest BCUT2D eigenvalue weighted by atomic mass is 127. The third kappa shape index (κ3) is 6.58. The second-order valence-corrected chi connectivity index (χ2v) is 7.40. The van der Waals surface area contributed by atoms with Crippen LogP contribution < -0.4 is 20.1 Å². The molecule has 0 atom stereocenters. The predicted molar refractivity (Wildman–Crippen MR) is 121 cm³/mol. The standard InChI is InChI=1S/C17H23BrN4O2S.HI/c1-5-19-17(22-10-15-20-8-11(2)25-15)21-9-12-6-13(18)16(24-4)14(7-12)23-3;/h6-8H,5,9-10H2,1-4H3,(H2,19,21,22);1H. The van der Waals surface area contributed by atoms with E-state index < -0.39 is 0 Å². The summed E-state index contributed by atoms with van der Waals surface area (Å²) in [4.78, 5) is 10.2. The zero-order valence-corrected chi connectivity index (χ0v) is 20.0. The van der Waals surface area contributed by atoms with Crippen LogP contribution in [0.2, 0.25) is 0 Å². The van der Waals surface area contributed by atoms with Crippen molar-refractivity contribution in [3.8, 4) is 11.5 Å². The van der Waals surface area contributed by atoms with Crippen molar-refractivity contribution >= 4 is 57.2 Å². The van der Waals surface area contributed by atoms with Crippen LogP contribution in [0.25, 0.3) is 0 Å². The molecule has 0 saturated heterocycles. The Kier molecular flexibility index (Phi) is 10.3. The van der Waals surface area contributed by atoms with Gasteiger partial charge in [-0.25, -0.2) is 9.98 Å². The van der Waals surface area contributed by atoms with E-state index in [0.717, 1.165) is 27.5 Å². The number of aliphatic imine (C=N–C) groups is 1. The summed E-state index contributed by atoms with van der Waals surface area (Å²) in [6.45, 7) is 6.05. The summed E-state index contributed by atoms with van der Waals surface area (Å²) in [5.41, 5.74) is 1.02. The van der Waals surface area contributed by atoms with Crippen molar-refractivity contribution in [3.05, 3.63) is 38.3 Å². The first-order valence-electron chi connectivity index (χ1n) is 7.91. The zero-order chi connectivity index (χ0) is 18.2. The van der Waals surface area contributed by atoms with Gasteiger partial charge in [-0.1, -0.05) is 0 Å². The first kappa shape index (κ1) is 23.0. The fourth-order valence-electron chi connectivity index (χ4n) is 2.22. The highest BCUT2D eigenvalue weighted by molar-refractivity contribution is 14.0. The maximum absolute atomic E-state index is 5.38. The van der Waals surface area contributed by atoms with Crippen molar-refractivity contribution in [3.63, 3.8) is 0 Å². The normalized spacial score (nSPS) is 10.9. The number of guanidine groups is 1. The maximum Gasteiger partial charge on any atom is 0.191 e. The summed E-state index contributed by atoms with van der Waals surface area (Å²) < 4.78 is 11.6. The minimum Gasteiger partial charge on any atom is -0.493 e. The molecule has 0 fully saturated rings. The molecule has 0 unspecified atom stereocenters. The Bertz CT molecular complexity index is 740. The number of methoxy groups -OCH3 is 2. The van der Waals surface area contributed by atoms with E-state index in [1.165, 1.54) is 4.88 Å². The Morgan fingerprint density at radius 3 is 2.62 bits per heavy atom. The molecule has 1 heterocycles. The van der Waals surface area contributed by atoms with Gasteiger partial charge in [0, 0.05) is 17.6 Å². The summed E-state index contributed by atoms with van der Waals surface area (Å²) in [5, 5.41) is 7.59. The fourth-order valence-corrected chi connectivity index (χ4v) is 3.60. The van der Waals surface area contributed by atoms with E-state index in [1.807, 2.05) is 25.3 Å². The van der Waals surface area contributed by atoms with Crippen LogP contribution in [0.1, 0.15) is 22.4 Å². The van der Waals surface area contributed by atoms with Crippen LogP contribution in [0.3, 0.4) is 0 Å². The van der Waals surface area contributed by atoms with E-state index in [2.05, 4.69) is 43.5 Å². The van der Waals surface area contributed by atoms with Gasteiger partial charge in [-0.05, 0) is 47.5 Å². The molecule has 144 valence electrons. The second-order valence-electron chi connectivity index (χ2n) is 5.23. The van der Waals surface area contributed by atoms with E-state index in [0.29, 0.717) is 24.6 Å². The lowest BCUT2D eigenvalue weighted by Crippen LogP contribution is -2.36. The van der Waals surface area contributed by atoms with Gasteiger partial charge in [-0.15, -0.1) is 35.3 Å². The molecular formula is C17H24BrIN4O2S. The van der Waals surface area contributed by atoms with Gasteiger partial charge < -0.3 is 20.1 Å². The molecular weight excluding hydrogens is 531 g/mol. The zero-order valence-electron chi connectivity index (χ0n) is 15.3. The first-order chi connectivity index (χ1) is 12.1. The summed E-state index contributed by atoms with van der Waals surface area (Å²) >= 11 is 5.19. The number of nitrogens with zero attached hydrogens (tertiary/aromatic N) is 2. The molecule has 2 aromatic rings. The third-order valence-corrected chi connectivity index (χ3v) is 4.84. The fraction of sp³-hybridized carbons (Fsp3) is 0.412. The molecule has 0 bridgehead atoms. The molecule has 0 saturated carbocycles. The van der Waals surface area contributed by atoms with Gasteiger partial charge in [0.15, 0.2) is 17.5 Å². The summed E-state index contributed by atoms with van der Waals surface area (Å²) in [6, 6.07) is 3.92. The number of hydrogen-bond donors (Lipinski definition) is 2. The van der Waals surface area contributed by atoms with Crippen molar-refractivity contribution in [1.82, 2.24) is 15.6 Å². The van der Waals surface area contributed by atoms with Crippen LogP contribution in [0.4, 0.5) is 0 Å². The quantitative estimate of drug-likeness (QED) is 0.306. The van der Waals surface area contributed by atoms with Crippen molar-refractivity contribution in [2.75, 3.05) is 20.8 Å². The molecule has 9 heteroatoms. The summed E-state index contributed by atoms with van der Waals surface area (Å²) in [5.74, 6) is 2.11. The van der Waals surface area contributed by atoms with Crippen molar-refractivity contribution < 1.29 is 9.47 Å². The van der Waals surface area contributed by atoms with Crippen LogP contribution in [0, 0.1) is 6.92 Å². The number of ether oxygens (including phenoxy) is 2. The number of halogens is 2. The van der Waals surface area contributed by atoms with Gasteiger partial charge in [-0.3, -0.25) is 0 Å². The maximum atomic E-state index is 5.38. The van der Waals surface area contributed by atoms with Crippen molar-refractivity contribution in [1.29, 1.82) is 0 Å². The highest BCUT2D eigenvalue weighted by Crippen LogP contribution is 2.36. The topological polar surface area (TPSA) is 67.8 Å². The molecule has 6 nitrogen and oxygen atoms in total. The third-order valence-electron chi connectivity index (χ3n) is 3.33. The SMILES string of the molecule is CCNC(=NCc1cc(Br)c(OC)c(OC)c1)NCc1ncc(C)s1.I. The number of hydrogen-bond acceptors (Lipinski definition) is 5. The average Bonchev–Trinajstić information content (AvgIpc) is 3.02. The molecule has 0 aliphatic heterocycles. The van der Waals surface area contributed by atoms with Crippen molar-refractivity contribution in [2.24, 2.45) is 4.99 Å². The van der Waals surface area contributed by atoms with Crippen LogP contribution in [-0.4, -0.2) is 31.7 Å². The monoisotopic (exact) mass is 554 g/mol. The molecule has 0 spiro atoms. The molecule has 0 aliphatic rings. The number of thiazole rings is 1. The summed E-state index contributed by atoms with van der Waals surface area (Å²) in [7, 11) is 3.24. The van der Waals surface area contributed by atoms with E-state index in [1.54, 1.807) is 25.6 Å². The number of rotatable bonds is 7. The van der Waals surface area contributed by atoms with E-state index in [4.69, 9.17) is 9.47 Å². The molecule has 2 rings (SSSR count). The van der Waals surface area contributed by atoms with E-state index in [9.17, 15) is 0 Å². The van der Waals surface area contributed by atoms with Gasteiger partial charge in [0.05, 0.1) is 31.8 Å². The molecule has 0 aliphatic carbocycles. The van der Waals surface area contributed by atoms with Crippen molar-refractivity contribution in [2.45, 2.75) is 26.9 Å². The molecule has 1 aromatic carbocycles. The summed E-state index contributed by atoms with van der Waals surface area (Å²) in [6.07, 6.45) is 1.88. The van der Waals surface area contributed by atoms with E-state index in [-0.39, 0.29) is 24.0 Å². The lowest BCUT2D eigenvalue weighted by atomic mass is 10.2. The second kappa shape index (κ2) is 11.6. The number of nitrogens with one attached hydrogen (secondary N) is 2. The molecule has 1 aromatic heterocycles. The Labute approximate surface area is 184 Å². The predicted octanol–water partition coefficient (Wildman–Crippen LogP) is 4.10. The Morgan fingerprint density at radius 2 is 2.04 bits per heavy atom. The molecule has 2 N–H and O–H groups in total. The minimum absolute atomic E-state index is 0. The first-order valence-corrected chi connectivity index (χ1v) is 9.52. The van der Waals surface area contributed by atoms with Gasteiger partial charge in [0.2, 0.25) is 0 Å². The van der Waals surface area contributed by atoms with Crippen LogP contribution >= 0.6 is 51.2 Å². The van der Waals surface area contributed by atoms with Crippen LogP contribution in [-0.2, 0) is 13.1 Å². The molecule has 0 radical (unpaired) electrons. The van der Waals surface area contributed by atoms with Gasteiger partial charge >= 0.3 is 0 Å². The Balaban J connectivity index is 0.00000338. The largest absolute Gasteiger partial charge is 0.493 e. The van der Waals surface area contributed by atoms with Gasteiger partial charge in [0.1, 0.15) is 5.01 Å². The minimum atomic E-state index is 0. The van der Waals surface area contributed by atoms with E-state index >= 15 is 0 Å². The van der Waals surface area contributed by atoms with Gasteiger partial charge in [-0.2, -0.15) is 0 Å². The Hall–Kier alpha value is -1.07. The molecule has 26 heavy (non-hydrogen) atoms. The Morgan fingerprint density at radius 1 is 1.27 bits per heavy atom. The number of aromatic nitrogens is 1. The number of benzene rings is 1. The highest BCUT2D eigenvalue weighted by Gasteiger charge is 2.10. The van der Waals surface area contributed by atoms with Gasteiger partial charge in [0.25, 0.3) is 0 Å². The lowest BCUT2D eigenvalue weighted by Gasteiger charge is -2.12.